The second-order valence-corrected chi connectivity index (χ2v) is 1.77. The van der Waals surface area contributed by atoms with E-state index in [2.05, 4.69) is 24.8 Å². The second-order valence-electron chi connectivity index (χ2n) is 0.406. The summed E-state index contributed by atoms with van der Waals surface area (Å²) in [4.78, 5) is 0. The van der Waals surface area contributed by atoms with Crippen molar-refractivity contribution in [3.8, 4) is 0 Å². The third-order valence-corrected chi connectivity index (χ3v) is 0. The monoisotopic (exact) mass is 157 g/mol. The van der Waals surface area contributed by atoms with E-state index in [1.165, 1.54) is 0 Å². The molecule has 0 aliphatic rings. The van der Waals surface area contributed by atoms with Crippen molar-refractivity contribution < 1.29 is 8.42 Å². The van der Waals surface area contributed by atoms with E-state index in [0.717, 1.165) is 0 Å². The molecule has 2 N–H and O–H groups in total. The van der Waals surface area contributed by atoms with Gasteiger partial charge in [0.05, 0.1) is 0 Å². The summed E-state index contributed by atoms with van der Waals surface area (Å²) < 4.78 is 16.8. The molecule has 0 spiro atoms. The van der Waals surface area contributed by atoms with E-state index in [1.54, 1.807) is 0 Å². The van der Waals surface area contributed by atoms with Crippen molar-refractivity contribution in [2.24, 2.45) is 5.73 Å². The summed E-state index contributed by atoms with van der Waals surface area (Å²) in [6, 6.07) is 0. The van der Waals surface area contributed by atoms with Crippen molar-refractivity contribution in [3.63, 3.8) is 0 Å². The lowest BCUT2D eigenvalue weighted by atomic mass is 11.5. The molecule has 0 aliphatic heterocycles. The van der Waals surface area contributed by atoms with E-state index >= 15 is 0 Å². The molecular formula is CH3NO2S3. The van der Waals surface area contributed by atoms with Gasteiger partial charge in [0, 0.05) is 0 Å². The average Bonchev–Trinajstić information content (AvgIpc) is 1.33. The molecule has 0 radical (unpaired) electrons. The topological polar surface area (TPSA) is 60.2 Å². The fourth-order valence-corrected chi connectivity index (χ4v) is 0. The first-order valence-corrected chi connectivity index (χ1v) is 2.57. The van der Waals surface area contributed by atoms with Crippen molar-refractivity contribution in [1.82, 2.24) is 0 Å². The molecular weight excluding hydrogens is 154 g/mol. The summed E-state index contributed by atoms with van der Waals surface area (Å²) in [6.45, 7) is 0. The standard InChI is InChI=1S/CH3NS2.O2S/c2-1(3)4;1-3-2/h(H3,2,3,4);. The largest absolute Gasteiger partial charge is 0.385 e. The van der Waals surface area contributed by atoms with E-state index in [9.17, 15) is 0 Å². The number of hydrogen-bond donors (Lipinski definition) is 2. The van der Waals surface area contributed by atoms with Crippen molar-refractivity contribution >= 4 is 40.7 Å². The van der Waals surface area contributed by atoms with Gasteiger partial charge in [0.1, 0.15) is 4.32 Å². The van der Waals surface area contributed by atoms with Crippen LogP contribution in [0.4, 0.5) is 0 Å². The highest BCUT2D eigenvalue weighted by Crippen LogP contribution is 1.63. The molecule has 0 unspecified atom stereocenters. The lowest BCUT2D eigenvalue weighted by Gasteiger charge is -1.64. The zero-order valence-corrected chi connectivity index (χ0v) is 5.68. The van der Waals surface area contributed by atoms with Crippen LogP contribution in [0.1, 0.15) is 0 Å². The molecule has 0 aromatic heterocycles. The second kappa shape index (κ2) is 9.41. The van der Waals surface area contributed by atoms with Crippen LogP contribution in [-0.4, -0.2) is 12.7 Å². The van der Waals surface area contributed by atoms with Gasteiger partial charge in [-0.2, -0.15) is 8.42 Å². The SMILES string of the molecule is NC(=S)S.O=S=O. The Morgan fingerprint density at radius 2 is 1.71 bits per heavy atom. The molecule has 0 aromatic carbocycles. The van der Waals surface area contributed by atoms with E-state index < -0.39 is 11.6 Å². The molecule has 0 fully saturated rings. The first-order valence-electron chi connectivity index (χ1n) is 1.05. The molecule has 0 saturated heterocycles. The first kappa shape index (κ1) is 10.1. The lowest BCUT2D eigenvalue weighted by Crippen LogP contribution is -1.94. The number of thiocarbonyl (C=S) groups is 1. The summed E-state index contributed by atoms with van der Waals surface area (Å²) in [5, 5.41) is 0. The highest BCUT2D eigenvalue weighted by Gasteiger charge is 1.55. The normalized spacial score (nSPS) is 5.29. The van der Waals surface area contributed by atoms with E-state index in [0.29, 0.717) is 0 Å². The number of rotatable bonds is 0. The fourth-order valence-electron chi connectivity index (χ4n) is 0. The van der Waals surface area contributed by atoms with Gasteiger partial charge in [0.2, 0.25) is 0 Å². The minimum Gasteiger partial charge on any atom is -0.385 e. The maximum atomic E-state index is 8.29. The van der Waals surface area contributed by atoms with Crippen LogP contribution in [0.25, 0.3) is 0 Å². The molecule has 0 aromatic rings. The molecule has 0 amide bonds. The van der Waals surface area contributed by atoms with Crippen LogP contribution in [0.15, 0.2) is 0 Å². The van der Waals surface area contributed by atoms with Crippen LogP contribution in [0, 0.1) is 0 Å². The van der Waals surface area contributed by atoms with Crippen LogP contribution < -0.4 is 5.73 Å². The van der Waals surface area contributed by atoms with Crippen LogP contribution >= 0.6 is 24.8 Å². The number of nitrogens with two attached hydrogens (primary N) is 1. The zero-order chi connectivity index (χ0) is 6.28. The molecule has 0 atom stereocenters. The van der Waals surface area contributed by atoms with Crippen LogP contribution in [0.3, 0.4) is 0 Å². The molecule has 42 valence electrons. The predicted octanol–water partition coefficient (Wildman–Crippen LogP) is -0.510. The smallest absolute Gasteiger partial charge is 0.335 e. The van der Waals surface area contributed by atoms with Crippen LogP contribution in [0.5, 0.6) is 0 Å². The van der Waals surface area contributed by atoms with Gasteiger partial charge in [-0.3, -0.25) is 0 Å². The Labute approximate surface area is 55.3 Å². The van der Waals surface area contributed by atoms with Crippen LogP contribution in [0.2, 0.25) is 0 Å². The Bertz CT molecular complexity index is 80.9. The Hall–Kier alpha value is 0.0600. The molecule has 7 heavy (non-hydrogen) atoms. The maximum absolute atomic E-state index is 8.29. The Morgan fingerprint density at radius 3 is 1.71 bits per heavy atom. The van der Waals surface area contributed by atoms with Gasteiger partial charge in [0.15, 0.2) is 0 Å². The van der Waals surface area contributed by atoms with Gasteiger partial charge < -0.3 is 5.73 Å². The summed E-state index contributed by atoms with van der Waals surface area (Å²) in [6.07, 6.45) is 0. The highest BCUT2D eigenvalue weighted by molar-refractivity contribution is 8.10. The van der Waals surface area contributed by atoms with Gasteiger partial charge >= 0.3 is 11.6 Å². The molecule has 0 aliphatic carbocycles. The van der Waals surface area contributed by atoms with E-state index in [1.807, 2.05) is 0 Å². The van der Waals surface area contributed by atoms with Crippen molar-refractivity contribution in [3.05, 3.63) is 0 Å². The third-order valence-electron chi connectivity index (χ3n) is 0. The minimum absolute atomic E-state index is 0.194. The Morgan fingerprint density at radius 1 is 1.71 bits per heavy atom. The third kappa shape index (κ3) is 27700. The summed E-state index contributed by atoms with van der Waals surface area (Å²) in [7, 11) is 0. The number of hydrogen-bond acceptors (Lipinski definition) is 3. The fraction of sp³-hybridized carbons (Fsp3) is 0. The molecule has 0 heterocycles. The summed E-state index contributed by atoms with van der Waals surface area (Å²) in [5.74, 6) is 0. The average molecular weight is 157 g/mol. The van der Waals surface area contributed by atoms with Gasteiger partial charge in [-0.15, -0.1) is 12.6 Å². The quantitative estimate of drug-likeness (QED) is 0.367. The van der Waals surface area contributed by atoms with Crippen LogP contribution in [-0.2, 0) is 11.6 Å². The van der Waals surface area contributed by atoms with Gasteiger partial charge in [0.25, 0.3) is 0 Å². The lowest BCUT2D eigenvalue weighted by molar-refractivity contribution is 0.630. The molecule has 6 heteroatoms. The summed E-state index contributed by atoms with van der Waals surface area (Å²) in [5.41, 5.74) is 4.71. The molecule has 0 rings (SSSR count). The highest BCUT2D eigenvalue weighted by atomic mass is 32.1. The molecule has 0 bridgehead atoms. The van der Waals surface area contributed by atoms with Crippen molar-refractivity contribution in [2.45, 2.75) is 0 Å². The van der Waals surface area contributed by atoms with E-state index in [4.69, 9.17) is 14.2 Å². The molecule has 3 nitrogen and oxygen atoms in total. The van der Waals surface area contributed by atoms with Gasteiger partial charge in [-0.25, -0.2) is 0 Å². The minimum atomic E-state index is -0.750. The maximum Gasteiger partial charge on any atom is 0.335 e. The van der Waals surface area contributed by atoms with Gasteiger partial charge in [-0.05, 0) is 0 Å². The molecule has 0 saturated carbocycles. The Kier molecular flexibility index (Phi) is 13.6. The van der Waals surface area contributed by atoms with Gasteiger partial charge in [-0.1, -0.05) is 12.2 Å². The summed E-state index contributed by atoms with van der Waals surface area (Å²) >= 11 is 6.90. The van der Waals surface area contributed by atoms with Crippen molar-refractivity contribution in [2.75, 3.05) is 0 Å². The van der Waals surface area contributed by atoms with Crippen molar-refractivity contribution in [1.29, 1.82) is 0 Å². The zero-order valence-electron chi connectivity index (χ0n) is 3.16. The Balaban J connectivity index is 0. The number of thiol groups is 1. The first-order chi connectivity index (χ1) is 3.15. The predicted molar refractivity (Wildman–Crippen MR) is 34.7 cm³/mol. The van der Waals surface area contributed by atoms with E-state index in [-0.39, 0.29) is 4.32 Å².